The van der Waals surface area contributed by atoms with Crippen LogP contribution >= 0.6 is 0 Å². The van der Waals surface area contributed by atoms with Crippen molar-refractivity contribution in [2.24, 2.45) is 0 Å². The Hall–Kier alpha value is -4.31. The number of rotatable bonds is 42. The van der Waals surface area contributed by atoms with Gasteiger partial charge in [0, 0.05) is 96.7 Å². The molecule has 0 saturated carbocycles. The minimum Gasteiger partial charge on any atom is -0.394 e. The molecule has 0 spiro atoms. The Kier molecular flexibility index (Phi) is 37.2. The first kappa shape index (κ1) is 82.4. The summed E-state index contributed by atoms with van der Waals surface area (Å²) >= 11 is 0. The van der Waals surface area contributed by atoms with Gasteiger partial charge in [-0.1, -0.05) is 58.7 Å². The van der Waals surface area contributed by atoms with Gasteiger partial charge in [0.05, 0.1) is 61.6 Å². The molecular weight excluding hydrogens is 1250 g/mol. The van der Waals surface area contributed by atoms with Crippen molar-refractivity contribution >= 4 is 28.5 Å². The highest BCUT2D eigenvalue weighted by Gasteiger charge is 2.35. The summed E-state index contributed by atoms with van der Waals surface area (Å²) in [6.45, 7) is 15.6. The first-order valence-corrected chi connectivity index (χ1v) is 34.5. The smallest absolute Gasteiger partial charge is 0.234 e. The Morgan fingerprint density at radius 2 is 1.22 bits per heavy atom. The molecule has 1 aromatic heterocycles. The highest BCUT2D eigenvalue weighted by molar-refractivity contribution is 5.79. The predicted octanol–water partition coefficient (Wildman–Crippen LogP) is -5.02. The summed E-state index contributed by atoms with van der Waals surface area (Å²) in [5.74, 6) is -0.436. The molecule has 2 aliphatic rings. The van der Waals surface area contributed by atoms with Gasteiger partial charge in [-0.3, -0.25) is 40.2 Å². The normalized spacial score (nSPS) is 21.6. The molecule has 3 heterocycles. The summed E-state index contributed by atoms with van der Waals surface area (Å²) < 4.78 is 0. The average Bonchev–Trinajstić information content (AvgIpc) is 1.64. The number of likely N-dealkylation sites (N-methyl/N-ethyl adjacent to an activating group) is 3. The number of H-pyrrole nitrogens is 1. The molecule has 3 aromatic rings. The van der Waals surface area contributed by atoms with Crippen molar-refractivity contribution in [3.8, 4) is 0 Å². The van der Waals surface area contributed by atoms with Crippen LogP contribution in [0.2, 0.25) is 0 Å². The molecule has 0 bridgehead atoms. The van der Waals surface area contributed by atoms with Crippen molar-refractivity contribution in [1.82, 2.24) is 66.0 Å². The van der Waals surface area contributed by atoms with Crippen LogP contribution in [0, 0.1) is 0 Å². The molecule has 2 aromatic carbocycles. The second-order valence-corrected chi connectivity index (χ2v) is 25.7. The zero-order chi connectivity index (χ0) is 70.4. The van der Waals surface area contributed by atoms with Crippen molar-refractivity contribution < 1.29 is 86.2 Å². The molecule has 31 heteroatoms. The van der Waals surface area contributed by atoms with Gasteiger partial charge < -0.3 is 112 Å². The number of anilines is 1. The van der Waals surface area contributed by atoms with Gasteiger partial charge in [0.2, 0.25) is 11.8 Å². The van der Waals surface area contributed by atoms with E-state index in [0.717, 1.165) is 86.8 Å². The maximum absolute atomic E-state index is 14.3. The highest BCUT2D eigenvalue weighted by atomic mass is 16.4. The highest BCUT2D eigenvalue weighted by Crippen LogP contribution is 2.31. The average molecular weight is 1370 g/mol. The van der Waals surface area contributed by atoms with Gasteiger partial charge in [0.25, 0.3) is 0 Å². The molecule has 16 atom stereocenters. The van der Waals surface area contributed by atoms with E-state index in [-0.39, 0.29) is 44.8 Å². The summed E-state index contributed by atoms with van der Waals surface area (Å²) in [5.41, 5.74) is 4.26. The van der Waals surface area contributed by atoms with Gasteiger partial charge in [0.15, 0.2) is 0 Å². The molecular formula is C65H118N14O17. The quantitative estimate of drug-likeness (QED) is 0.0186. The summed E-state index contributed by atoms with van der Waals surface area (Å²) in [6, 6.07) is 11.0. The number of nitrogens with zero attached hydrogens (tertiary/aromatic N) is 7. The van der Waals surface area contributed by atoms with E-state index in [1.165, 1.54) is 0 Å². The fraction of sp³-hybridized carbons (Fsp3) is 0.769. The molecule has 5 rings (SSSR count). The van der Waals surface area contributed by atoms with Gasteiger partial charge in [0.1, 0.15) is 73.6 Å². The van der Waals surface area contributed by atoms with E-state index in [1.54, 1.807) is 4.90 Å². The largest absolute Gasteiger partial charge is 0.394 e. The van der Waals surface area contributed by atoms with Crippen LogP contribution in [0.25, 0.3) is 11.0 Å². The van der Waals surface area contributed by atoms with Crippen molar-refractivity contribution in [1.29, 1.82) is 0 Å². The number of para-hydroxylation sites is 2. The number of imidazole rings is 1. The molecule has 2 aliphatic heterocycles. The number of aliphatic hydroxyl groups is 15. The van der Waals surface area contributed by atoms with Crippen molar-refractivity contribution in [3.63, 3.8) is 0 Å². The van der Waals surface area contributed by atoms with E-state index < -0.39 is 130 Å². The van der Waals surface area contributed by atoms with E-state index in [4.69, 9.17) is 0 Å². The third kappa shape index (κ3) is 27.0. The molecule has 0 radical (unpaired) electrons. The lowest BCUT2D eigenvalue weighted by Crippen LogP contribution is -2.59. The van der Waals surface area contributed by atoms with Crippen molar-refractivity contribution in [2.75, 3.05) is 130 Å². The van der Waals surface area contributed by atoms with Crippen molar-refractivity contribution in [3.05, 3.63) is 59.4 Å². The molecule has 0 aliphatic carbocycles. The monoisotopic (exact) mass is 1370 g/mol. The van der Waals surface area contributed by atoms with E-state index in [0.29, 0.717) is 70.6 Å². The van der Waals surface area contributed by atoms with Crippen LogP contribution < -0.4 is 31.9 Å². The third-order valence-corrected chi connectivity index (χ3v) is 18.6. The lowest BCUT2D eigenvalue weighted by atomic mass is 10.0. The SMILES string of the molecule is CCC1Nc2ccc([C@@H](O)N(C)Cc3nc4ccccc4[nH]3)cc2CN(CCCCCCN[C@H](O)[C@H](CC[C@@H](O)NC[C@@H](O)[C@H](O)C(O)C(O)CO)N[C@H](O)[C@H](CCC(=O)NC[C@H](O)[C@H](O)[C@@H](O)[C@H](O)CO)NC(=O)CN2CCN(CC)CCN(CC)CCN(CC)CC2)[C@@H]1O. The van der Waals surface area contributed by atoms with Gasteiger partial charge in [-0.25, -0.2) is 4.98 Å². The van der Waals surface area contributed by atoms with E-state index in [9.17, 15) is 86.2 Å². The first-order valence-electron chi connectivity index (χ1n) is 34.5. The molecule has 22 N–H and O–H groups in total. The number of benzene rings is 2. The number of hydrogen-bond acceptors (Lipinski definition) is 28. The van der Waals surface area contributed by atoms with Gasteiger partial charge >= 0.3 is 0 Å². The summed E-state index contributed by atoms with van der Waals surface area (Å²) in [7, 11) is 1.83. The maximum Gasteiger partial charge on any atom is 0.234 e. The van der Waals surface area contributed by atoms with Gasteiger partial charge in [-0.15, -0.1) is 0 Å². The molecule has 3 unspecified atom stereocenters. The third-order valence-electron chi connectivity index (χ3n) is 18.6. The number of carbonyl (C=O) groups excluding carboxylic acids is 2. The number of aromatic nitrogens is 2. The Bertz CT molecular complexity index is 2590. The summed E-state index contributed by atoms with van der Waals surface area (Å²) in [6.07, 6.45) is -18.3. The number of aromatic amines is 1. The zero-order valence-corrected chi connectivity index (χ0v) is 56.9. The van der Waals surface area contributed by atoms with Crippen LogP contribution in [0.3, 0.4) is 0 Å². The Morgan fingerprint density at radius 3 is 1.80 bits per heavy atom. The fourth-order valence-electron chi connectivity index (χ4n) is 12.0. The molecule has 96 heavy (non-hydrogen) atoms. The first-order chi connectivity index (χ1) is 45.9. The van der Waals surface area contributed by atoms with E-state index in [2.05, 4.69) is 77.3 Å². The van der Waals surface area contributed by atoms with Crippen LogP contribution in [0.4, 0.5) is 5.69 Å². The molecule has 2 amide bonds. The van der Waals surface area contributed by atoms with E-state index in [1.807, 2.05) is 66.2 Å². The number of hydrogen-bond donors (Lipinski definition) is 22. The molecule has 31 nitrogen and oxygen atoms in total. The lowest BCUT2D eigenvalue weighted by molar-refractivity contribution is -0.127. The number of aliphatic hydroxyl groups excluding tert-OH is 15. The predicted molar refractivity (Wildman–Crippen MR) is 361 cm³/mol. The second kappa shape index (κ2) is 43.4. The Morgan fingerprint density at radius 1 is 0.646 bits per heavy atom. The standard InChI is InChI=1S/C65H118N14O17/c1-6-44-65(96)79(37-43-34-42(18-19-45(43)69-44)64(95)74(5)38-54-70-46-16-12-13-17-47(46)71-54)25-15-11-10-14-24-66-62(93)48(20-22-55(86)67-35-50(82)58(89)60(91)52(84)40-80)73-63(94)49(21-23-56(87)68-36-51(83)59(90)61(92)53(85)41-81)72-57(88)39-78-32-30-76(8-3)28-26-75(7-2)27-29-77(9-4)31-33-78/h12-13,16-19,34,44,48-53,55,58-67,69,73,80-86,89-96H,6-11,14-15,20-33,35-41H2,1-5H3,(H,68,87)(H,70,71)(H,72,88)/t44?,48-,49-,50+,51-,52?,53+,55+,58-,59-,60?,61-,62+,63+,64+,65+/m0/s1. The van der Waals surface area contributed by atoms with Crippen LogP contribution in [-0.4, -0.2) is 345 Å². The molecule has 1 fully saturated rings. The number of carbonyl (C=O) groups is 2. The number of amides is 2. The Labute approximate surface area is 565 Å². The Balaban J connectivity index is 1.27. The van der Waals surface area contributed by atoms with Crippen LogP contribution in [0.1, 0.15) is 109 Å². The summed E-state index contributed by atoms with van der Waals surface area (Å²) in [5, 5.41) is 176. The van der Waals surface area contributed by atoms with Gasteiger partial charge in [-0.05, 0) is 107 Å². The fourth-order valence-corrected chi connectivity index (χ4v) is 12.0. The van der Waals surface area contributed by atoms with E-state index >= 15 is 0 Å². The van der Waals surface area contributed by atoms with Crippen molar-refractivity contribution in [2.45, 2.75) is 197 Å². The zero-order valence-electron chi connectivity index (χ0n) is 56.9. The number of nitrogens with one attached hydrogen (secondary N) is 7. The molecule has 1 saturated heterocycles. The maximum atomic E-state index is 14.3. The van der Waals surface area contributed by atoms with Gasteiger partial charge in [-0.2, -0.15) is 0 Å². The van der Waals surface area contributed by atoms with Crippen LogP contribution in [0.15, 0.2) is 42.5 Å². The minimum atomic E-state index is -1.94. The van der Waals surface area contributed by atoms with Crippen LogP contribution in [0.5, 0.6) is 0 Å². The topological polar surface area (TPSA) is 458 Å². The number of fused-ring (bicyclic) bond motifs is 2. The number of unbranched alkanes of at least 4 members (excludes halogenated alkanes) is 3. The minimum absolute atomic E-state index is 0.0703. The van der Waals surface area contributed by atoms with Crippen LogP contribution in [-0.2, 0) is 22.7 Å². The lowest BCUT2D eigenvalue weighted by Gasteiger charge is -2.34. The molecule has 550 valence electrons. The second-order valence-electron chi connectivity index (χ2n) is 25.7. The summed E-state index contributed by atoms with van der Waals surface area (Å²) in [4.78, 5) is 48.6.